The smallest absolute Gasteiger partial charge is 0.0387 e. The summed E-state index contributed by atoms with van der Waals surface area (Å²) in [5.74, 6) is 0.696. The lowest BCUT2D eigenvalue weighted by Crippen LogP contribution is -2.00. The number of allylic oxidation sites excluding steroid dienone is 3. The molecule has 1 heteroatoms. The van der Waals surface area contributed by atoms with E-state index in [1.807, 2.05) is 6.08 Å². The van der Waals surface area contributed by atoms with E-state index in [1.54, 1.807) is 0 Å². The topological polar surface area (TPSA) is 26.0 Å². The number of hydrogen-bond donors (Lipinski definition) is 1. The van der Waals surface area contributed by atoms with Crippen LogP contribution in [0.2, 0.25) is 0 Å². The molecule has 0 bridgehead atoms. The van der Waals surface area contributed by atoms with Crippen molar-refractivity contribution in [2.24, 2.45) is 5.73 Å². The van der Waals surface area contributed by atoms with Crippen molar-refractivity contribution in [3.8, 4) is 0 Å². The zero-order chi connectivity index (χ0) is 15.0. The lowest BCUT2D eigenvalue weighted by Gasteiger charge is -2.16. The summed E-state index contributed by atoms with van der Waals surface area (Å²) >= 11 is 0. The number of hydrogen-bond acceptors (Lipinski definition) is 1. The van der Waals surface area contributed by atoms with E-state index in [9.17, 15) is 0 Å². The minimum atomic E-state index is 0.696. The van der Waals surface area contributed by atoms with Crippen molar-refractivity contribution < 1.29 is 0 Å². The maximum absolute atomic E-state index is 6.10. The summed E-state index contributed by atoms with van der Waals surface area (Å²) in [5.41, 5.74) is 10.8. The molecular formula is C19H29N. The van der Waals surface area contributed by atoms with Crippen molar-refractivity contribution >= 4 is 5.70 Å². The van der Waals surface area contributed by atoms with E-state index in [-0.39, 0.29) is 0 Å². The summed E-state index contributed by atoms with van der Waals surface area (Å²) in [6.45, 7) is 8.67. The standard InChI is InChI=1S/C19H29N/c1-5-7-16(8-6-2)17-10-12-18(13-11-17)19(20)14-9-15(3)4/h9-14,16H,5-8,20H2,1-4H3/b19-14-. The average molecular weight is 271 g/mol. The molecule has 2 N–H and O–H groups in total. The van der Waals surface area contributed by atoms with Gasteiger partial charge < -0.3 is 5.73 Å². The van der Waals surface area contributed by atoms with Crippen molar-refractivity contribution in [2.45, 2.75) is 59.3 Å². The zero-order valence-electron chi connectivity index (χ0n) is 13.4. The van der Waals surface area contributed by atoms with Gasteiger partial charge in [-0.2, -0.15) is 0 Å². The molecule has 1 rings (SSSR count). The van der Waals surface area contributed by atoms with E-state index in [0.717, 1.165) is 11.3 Å². The lowest BCUT2D eigenvalue weighted by molar-refractivity contribution is 0.561. The van der Waals surface area contributed by atoms with Gasteiger partial charge in [-0.3, -0.25) is 0 Å². The largest absolute Gasteiger partial charge is 0.398 e. The fourth-order valence-electron chi connectivity index (χ4n) is 2.48. The molecule has 0 aliphatic carbocycles. The second-order valence-electron chi connectivity index (χ2n) is 5.76. The Morgan fingerprint density at radius 3 is 2.00 bits per heavy atom. The first kappa shape index (κ1) is 16.6. The molecule has 0 heterocycles. The Kier molecular flexibility index (Phi) is 7.14. The van der Waals surface area contributed by atoms with Crippen LogP contribution in [0.25, 0.3) is 5.70 Å². The van der Waals surface area contributed by atoms with Gasteiger partial charge in [0.2, 0.25) is 0 Å². The predicted molar refractivity (Wildman–Crippen MR) is 90.6 cm³/mol. The van der Waals surface area contributed by atoms with Gasteiger partial charge in [-0.05, 0) is 49.8 Å². The molecule has 0 aliphatic heterocycles. The Morgan fingerprint density at radius 2 is 1.55 bits per heavy atom. The van der Waals surface area contributed by atoms with E-state index in [1.165, 1.54) is 36.8 Å². The summed E-state index contributed by atoms with van der Waals surface area (Å²) in [6, 6.07) is 8.79. The molecule has 0 aromatic heterocycles. The molecule has 1 nitrogen and oxygen atoms in total. The first-order valence-corrected chi connectivity index (χ1v) is 7.79. The highest BCUT2D eigenvalue weighted by atomic mass is 14.6. The number of benzene rings is 1. The van der Waals surface area contributed by atoms with E-state index in [2.05, 4.69) is 58.0 Å². The highest BCUT2D eigenvalue weighted by molar-refractivity contribution is 5.64. The monoisotopic (exact) mass is 271 g/mol. The van der Waals surface area contributed by atoms with Gasteiger partial charge in [0.15, 0.2) is 0 Å². The Morgan fingerprint density at radius 1 is 1.00 bits per heavy atom. The Hall–Kier alpha value is -1.50. The van der Waals surface area contributed by atoms with Gasteiger partial charge in [-0.25, -0.2) is 0 Å². The fraction of sp³-hybridized carbons (Fsp3) is 0.474. The molecule has 0 spiro atoms. The van der Waals surface area contributed by atoms with Crippen LogP contribution in [0.3, 0.4) is 0 Å². The van der Waals surface area contributed by atoms with Gasteiger partial charge >= 0.3 is 0 Å². The van der Waals surface area contributed by atoms with E-state index in [0.29, 0.717) is 5.92 Å². The average Bonchev–Trinajstić information content (AvgIpc) is 2.44. The molecule has 110 valence electrons. The maximum Gasteiger partial charge on any atom is 0.0387 e. The van der Waals surface area contributed by atoms with Crippen LogP contribution in [-0.4, -0.2) is 0 Å². The van der Waals surface area contributed by atoms with Crippen LogP contribution in [0, 0.1) is 0 Å². The van der Waals surface area contributed by atoms with Crippen molar-refractivity contribution in [3.05, 3.63) is 53.1 Å². The SMILES string of the molecule is CCCC(CCC)c1ccc(/C(N)=C/C=C(C)C)cc1. The van der Waals surface area contributed by atoms with E-state index >= 15 is 0 Å². The predicted octanol–water partition coefficient (Wildman–Crippen LogP) is 5.64. The van der Waals surface area contributed by atoms with E-state index in [4.69, 9.17) is 5.73 Å². The fourth-order valence-corrected chi connectivity index (χ4v) is 2.48. The summed E-state index contributed by atoms with van der Waals surface area (Å²) in [5, 5.41) is 0. The molecule has 0 fully saturated rings. The molecule has 1 aromatic rings. The van der Waals surface area contributed by atoms with E-state index < -0.39 is 0 Å². The minimum Gasteiger partial charge on any atom is -0.398 e. The normalized spacial score (nSPS) is 11.8. The molecule has 0 radical (unpaired) electrons. The third kappa shape index (κ3) is 5.24. The van der Waals surface area contributed by atoms with Gasteiger partial charge in [0.25, 0.3) is 0 Å². The summed E-state index contributed by atoms with van der Waals surface area (Å²) in [6.07, 6.45) is 9.08. The molecule has 0 saturated carbocycles. The highest BCUT2D eigenvalue weighted by Crippen LogP contribution is 2.27. The number of nitrogens with two attached hydrogens (primary N) is 1. The highest BCUT2D eigenvalue weighted by Gasteiger charge is 2.09. The Bertz CT molecular complexity index is 441. The zero-order valence-corrected chi connectivity index (χ0v) is 13.4. The van der Waals surface area contributed by atoms with Crippen molar-refractivity contribution in [3.63, 3.8) is 0 Å². The van der Waals surface area contributed by atoms with Crippen LogP contribution >= 0.6 is 0 Å². The van der Waals surface area contributed by atoms with Gasteiger partial charge in [-0.1, -0.05) is 62.6 Å². The molecule has 0 amide bonds. The van der Waals surface area contributed by atoms with Gasteiger partial charge in [0.05, 0.1) is 0 Å². The maximum atomic E-state index is 6.10. The quantitative estimate of drug-likeness (QED) is 0.638. The number of rotatable bonds is 7. The molecule has 20 heavy (non-hydrogen) atoms. The molecule has 0 unspecified atom stereocenters. The second-order valence-corrected chi connectivity index (χ2v) is 5.76. The second kappa shape index (κ2) is 8.63. The first-order chi connectivity index (χ1) is 9.58. The van der Waals surface area contributed by atoms with Crippen LogP contribution in [0.4, 0.5) is 0 Å². The van der Waals surface area contributed by atoms with Crippen molar-refractivity contribution in [1.82, 2.24) is 0 Å². The summed E-state index contributed by atoms with van der Waals surface area (Å²) < 4.78 is 0. The summed E-state index contributed by atoms with van der Waals surface area (Å²) in [7, 11) is 0. The molecule has 0 aliphatic rings. The first-order valence-electron chi connectivity index (χ1n) is 7.79. The molecule has 0 atom stereocenters. The van der Waals surface area contributed by atoms with Crippen LogP contribution < -0.4 is 5.73 Å². The lowest BCUT2D eigenvalue weighted by atomic mass is 9.90. The van der Waals surface area contributed by atoms with Crippen molar-refractivity contribution in [1.29, 1.82) is 0 Å². The summed E-state index contributed by atoms with van der Waals surface area (Å²) in [4.78, 5) is 0. The van der Waals surface area contributed by atoms with Crippen molar-refractivity contribution in [2.75, 3.05) is 0 Å². The van der Waals surface area contributed by atoms with Gasteiger partial charge in [-0.15, -0.1) is 0 Å². The van der Waals surface area contributed by atoms with Crippen LogP contribution in [0.1, 0.15) is 70.4 Å². The minimum absolute atomic E-state index is 0.696. The molecule has 1 aromatic carbocycles. The molecule has 0 saturated heterocycles. The van der Waals surface area contributed by atoms with Gasteiger partial charge in [0.1, 0.15) is 0 Å². The third-order valence-electron chi connectivity index (χ3n) is 3.59. The van der Waals surface area contributed by atoms with Crippen LogP contribution in [0.15, 0.2) is 42.0 Å². The molecular weight excluding hydrogens is 242 g/mol. The Balaban J connectivity index is 2.86. The Labute approximate surface area is 124 Å². The van der Waals surface area contributed by atoms with Crippen LogP contribution in [-0.2, 0) is 0 Å². The van der Waals surface area contributed by atoms with Gasteiger partial charge in [0, 0.05) is 5.70 Å². The van der Waals surface area contributed by atoms with Crippen LogP contribution in [0.5, 0.6) is 0 Å². The third-order valence-corrected chi connectivity index (χ3v) is 3.59.